The molecule has 2 heterocycles. The van der Waals surface area contributed by atoms with Gasteiger partial charge in [-0.1, -0.05) is 18.2 Å². The van der Waals surface area contributed by atoms with Crippen LogP contribution in [0.2, 0.25) is 0 Å². The maximum absolute atomic E-state index is 12.9. The number of aromatic nitrogens is 1. The van der Waals surface area contributed by atoms with E-state index >= 15 is 0 Å². The minimum Gasteiger partial charge on any atom is -0.353 e. The first-order chi connectivity index (χ1) is 11.6. The Morgan fingerprint density at radius 3 is 2.50 bits per heavy atom. The molecule has 1 aliphatic carbocycles. The number of benzene rings is 1. The van der Waals surface area contributed by atoms with E-state index in [4.69, 9.17) is 0 Å². The number of nitrogens with one attached hydrogen (secondary N) is 1. The molecule has 5 nitrogen and oxygen atoms in total. The molecule has 24 heavy (non-hydrogen) atoms. The van der Waals surface area contributed by atoms with Gasteiger partial charge in [0.2, 0.25) is 5.91 Å². The van der Waals surface area contributed by atoms with Crippen LogP contribution in [0, 0.1) is 5.92 Å². The van der Waals surface area contributed by atoms with Gasteiger partial charge in [-0.25, -0.2) is 0 Å². The zero-order chi connectivity index (χ0) is 16.7. The number of hydrogen-bond donors (Lipinski definition) is 1. The highest BCUT2D eigenvalue weighted by Gasteiger charge is 2.32. The Morgan fingerprint density at radius 2 is 1.79 bits per heavy atom. The molecule has 0 spiro atoms. The van der Waals surface area contributed by atoms with E-state index in [0.29, 0.717) is 13.1 Å². The predicted molar refractivity (Wildman–Crippen MR) is 92.7 cm³/mol. The van der Waals surface area contributed by atoms with Gasteiger partial charge in [-0.2, -0.15) is 0 Å². The average molecular weight is 325 g/mol. The molecule has 2 amide bonds. The molecule has 1 aliphatic heterocycles. The molecule has 126 valence electrons. The summed E-state index contributed by atoms with van der Waals surface area (Å²) < 4.78 is 2.01. The van der Waals surface area contributed by atoms with Gasteiger partial charge in [-0.05, 0) is 31.7 Å². The van der Waals surface area contributed by atoms with Gasteiger partial charge in [-0.3, -0.25) is 9.59 Å². The Labute approximate surface area is 141 Å². The van der Waals surface area contributed by atoms with Crippen molar-refractivity contribution in [3.05, 3.63) is 36.0 Å². The van der Waals surface area contributed by atoms with Gasteiger partial charge in [0.15, 0.2) is 0 Å². The number of para-hydroxylation sites is 1. The van der Waals surface area contributed by atoms with E-state index in [-0.39, 0.29) is 23.8 Å². The molecule has 5 heteroatoms. The second-order valence-electron chi connectivity index (χ2n) is 7.02. The van der Waals surface area contributed by atoms with Crippen molar-refractivity contribution in [3.8, 4) is 0 Å². The Kier molecular flexibility index (Phi) is 3.79. The minimum atomic E-state index is 0.0961. The largest absolute Gasteiger partial charge is 0.353 e. The van der Waals surface area contributed by atoms with Crippen LogP contribution in [-0.4, -0.2) is 40.4 Å². The van der Waals surface area contributed by atoms with Crippen LogP contribution in [0.3, 0.4) is 0 Å². The van der Waals surface area contributed by atoms with E-state index in [1.54, 1.807) is 0 Å². The summed E-state index contributed by atoms with van der Waals surface area (Å²) in [6.45, 7) is 1.41. The highest BCUT2D eigenvalue weighted by Crippen LogP contribution is 2.29. The molecule has 2 fully saturated rings. The number of fused-ring (bicyclic) bond motifs is 1. The molecular formula is C19H23N3O2. The van der Waals surface area contributed by atoms with E-state index < -0.39 is 0 Å². The fourth-order valence-electron chi connectivity index (χ4n) is 3.57. The number of hydrogen-bond acceptors (Lipinski definition) is 2. The Hall–Kier alpha value is -2.30. The SMILES string of the molecule is Cn1cc(C(=O)N2CCC(NC(=O)C3CC3)CC2)c2ccccc21. The van der Waals surface area contributed by atoms with Crippen molar-refractivity contribution in [2.24, 2.45) is 13.0 Å². The van der Waals surface area contributed by atoms with Crippen LogP contribution in [0.5, 0.6) is 0 Å². The van der Waals surface area contributed by atoms with Crippen LogP contribution in [0.25, 0.3) is 10.9 Å². The van der Waals surface area contributed by atoms with Crippen molar-refractivity contribution in [1.82, 2.24) is 14.8 Å². The maximum Gasteiger partial charge on any atom is 0.256 e. The standard InChI is InChI=1S/C19H23N3O2/c1-21-12-16(15-4-2-3-5-17(15)21)19(24)22-10-8-14(9-11-22)20-18(23)13-6-7-13/h2-5,12-14H,6-11H2,1H3,(H,20,23). The second kappa shape index (κ2) is 5.96. The normalized spacial score (nSPS) is 18.8. The fraction of sp³-hybridized carbons (Fsp3) is 0.474. The van der Waals surface area contributed by atoms with Crippen LogP contribution < -0.4 is 5.32 Å². The highest BCUT2D eigenvalue weighted by molar-refractivity contribution is 6.07. The summed E-state index contributed by atoms with van der Waals surface area (Å²) in [5, 5.41) is 4.14. The third-order valence-electron chi connectivity index (χ3n) is 5.20. The highest BCUT2D eigenvalue weighted by atomic mass is 16.2. The van der Waals surface area contributed by atoms with Crippen LogP contribution in [0.4, 0.5) is 0 Å². The summed E-state index contributed by atoms with van der Waals surface area (Å²) in [5.74, 6) is 0.549. The fourth-order valence-corrected chi connectivity index (χ4v) is 3.57. The van der Waals surface area contributed by atoms with Gasteiger partial charge in [-0.15, -0.1) is 0 Å². The number of rotatable bonds is 3. The van der Waals surface area contributed by atoms with E-state index in [9.17, 15) is 9.59 Å². The molecule has 1 N–H and O–H groups in total. The summed E-state index contributed by atoms with van der Waals surface area (Å²) in [4.78, 5) is 26.7. The molecule has 0 unspecified atom stereocenters. The average Bonchev–Trinajstić information content (AvgIpc) is 3.40. The smallest absolute Gasteiger partial charge is 0.256 e. The monoisotopic (exact) mass is 325 g/mol. The van der Waals surface area contributed by atoms with Crippen LogP contribution in [0.15, 0.2) is 30.5 Å². The number of piperidine rings is 1. The van der Waals surface area contributed by atoms with E-state index in [1.165, 1.54) is 0 Å². The predicted octanol–water partition coefficient (Wildman–Crippen LogP) is 2.31. The quantitative estimate of drug-likeness (QED) is 0.941. The van der Waals surface area contributed by atoms with Gasteiger partial charge in [0.05, 0.1) is 5.56 Å². The lowest BCUT2D eigenvalue weighted by Crippen LogP contribution is -2.46. The summed E-state index contributed by atoms with van der Waals surface area (Å²) in [5.41, 5.74) is 1.85. The van der Waals surface area contributed by atoms with Gasteiger partial charge < -0.3 is 14.8 Å². The first-order valence-electron chi connectivity index (χ1n) is 8.77. The molecule has 1 saturated carbocycles. The topological polar surface area (TPSA) is 54.3 Å². The first-order valence-corrected chi connectivity index (χ1v) is 8.77. The second-order valence-corrected chi connectivity index (χ2v) is 7.02. The number of likely N-dealkylation sites (tertiary alicyclic amines) is 1. The molecule has 1 aromatic heterocycles. The number of carbonyl (C=O) groups excluding carboxylic acids is 2. The van der Waals surface area contributed by atoms with Crippen LogP contribution in [0.1, 0.15) is 36.0 Å². The number of nitrogens with zero attached hydrogens (tertiary/aromatic N) is 2. The number of aryl methyl sites for hydroxylation is 1. The number of amides is 2. The summed E-state index contributed by atoms with van der Waals surface area (Å²) in [6.07, 6.45) is 5.67. The molecule has 2 aliphatic rings. The van der Waals surface area contributed by atoms with Gasteiger partial charge in [0.25, 0.3) is 5.91 Å². The van der Waals surface area contributed by atoms with Crippen LogP contribution in [-0.2, 0) is 11.8 Å². The third kappa shape index (κ3) is 2.79. The van der Waals surface area contributed by atoms with Crippen molar-refractivity contribution in [3.63, 3.8) is 0 Å². The zero-order valence-electron chi connectivity index (χ0n) is 14.0. The lowest BCUT2D eigenvalue weighted by atomic mass is 10.0. The molecule has 1 saturated heterocycles. The molecule has 0 bridgehead atoms. The maximum atomic E-state index is 12.9. The Bertz CT molecular complexity index is 783. The van der Waals surface area contributed by atoms with Crippen molar-refractivity contribution >= 4 is 22.7 Å². The van der Waals surface area contributed by atoms with Gasteiger partial charge in [0.1, 0.15) is 0 Å². The lowest BCUT2D eigenvalue weighted by Gasteiger charge is -2.32. The Balaban J connectivity index is 1.43. The Morgan fingerprint density at radius 1 is 1.08 bits per heavy atom. The molecule has 4 rings (SSSR count). The lowest BCUT2D eigenvalue weighted by molar-refractivity contribution is -0.123. The zero-order valence-corrected chi connectivity index (χ0v) is 14.0. The van der Waals surface area contributed by atoms with Crippen molar-refractivity contribution in [2.75, 3.05) is 13.1 Å². The van der Waals surface area contributed by atoms with Crippen molar-refractivity contribution in [1.29, 1.82) is 0 Å². The number of carbonyl (C=O) groups is 2. The van der Waals surface area contributed by atoms with Crippen LogP contribution >= 0.6 is 0 Å². The van der Waals surface area contributed by atoms with Crippen molar-refractivity contribution < 1.29 is 9.59 Å². The van der Waals surface area contributed by atoms with Crippen molar-refractivity contribution in [2.45, 2.75) is 31.7 Å². The molecule has 2 aromatic rings. The molecule has 0 radical (unpaired) electrons. The van der Waals surface area contributed by atoms with Gasteiger partial charge >= 0.3 is 0 Å². The van der Waals surface area contributed by atoms with E-state index in [1.807, 2.05) is 47.0 Å². The molecule has 1 aromatic carbocycles. The van der Waals surface area contributed by atoms with E-state index in [0.717, 1.165) is 42.1 Å². The summed E-state index contributed by atoms with van der Waals surface area (Å²) >= 11 is 0. The first kappa shape index (κ1) is 15.2. The third-order valence-corrected chi connectivity index (χ3v) is 5.20. The minimum absolute atomic E-state index is 0.0961. The molecule has 0 atom stereocenters. The van der Waals surface area contributed by atoms with E-state index in [2.05, 4.69) is 5.32 Å². The summed E-state index contributed by atoms with van der Waals surface area (Å²) in [7, 11) is 1.97. The molecular weight excluding hydrogens is 302 g/mol. The summed E-state index contributed by atoms with van der Waals surface area (Å²) in [6, 6.07) is 8.22. The van der Waals surface area contributed by atoms with Gasteiger partial charge in [0, 0.05) is 49.2 Å².